The van der Waals surface area contributed by atoms with Crippen molar-refractivity contribution in [2.75, 3.05) is 52.9 Å². The highest BCUT2D eigenvalue weighted by atomic mass is 127. The number of aliphatic imine (C=N–C) groups is 1. The fourth-order valence-corrected chi connectivity index (χ4v) is 4.60. The molecule has 0 spiro atoms. The second-order valence-corrected chi connectivity index (χ2v) is 9.40. The molecule has 5 nitrogen and oxygen atoms in total. The summed E-state index contributed by atoms with van der Waals surface area (Å²) < 4.78 is 0.298. The van der Waals surface area contributed by atoms with Crippen LogP contribution in [0.25, 0.3) is 0 Å². The van der Waals surface area contributed by atoms with Gasteiger partial charge < -0.3 is 15.5 Å². The van der Waals surface area contributed by atoms with Crippen molar-refractivity contribution in [1.29, 1.82) is 0 Å². The molecule has 0 amide bonds. The van der Waals surface area contributed by atoms with Gasteiger partial charge in [0.15, 0.2) is 5.96 Å². The Morgan fingerprint density at radius 1 is 1.14 bits per heavy atom. The van der Waals surface area contributed by atoms with E-state index in [2.05, 4.69) is 71.7 Å². The third-order valence-corrected chi connectivity index (χ3v) is 6.96. The van der Waals surface area contributed by atoms with Crippen LogP contribution in [0.2, 0.25) is 0 Å². The van der Waals surface area contributed by atoms with Gasteiger partial charge in [-0.1, -0.05) is 18.2 Å². The minimum absolute atomic E-state index is 0. The number of piperazine rings is 1. The van der Waals surface area contributed by atoms with E-state index >= 15 is 0 Å². The average molecular weight is 518 g/mol. The van der Waals surface area contributed by atoms with Gasteiger partial charge in [0, 0.05) is 55.0 Å². The summed E-state index contributed by atoms with van der Waals surface area (Å²) in [5.41, 5.74) is 0. The molecular weight excluding hydrogens is 481 g/mol. The molecule has 158 valence electrons. The van der Waals surface area contributed by atoms with E-state index in [1.54, 1.807) is 0 Å². The molecular formula is C21H36IN5S. The van der Waals surface area contributed by atoms with Crippen molar-refractivity contribution >= 4 is 41.7 Å². The zero-order chi connectivity index (χ0) is 19.1. The van der Waals surface area contributed by atoms with Gasteiger partial charge in [-0.15, -0.1) is 35.7 Å². The van der Waals surface area contributed by atoms with Crippen molar-refractivity contribution in [3.63, 3.8) is 0 Å². The Labute approximate surface area is 192 Å². The lowest BCUT2D eigenvalue weighted by Crippen LogP contribution is -2.52. The lowest BCUT2D eigenvalue weighted by Gasteiger charge is -2.36. The van der Waals surface area contributed by atoms with Crippen LogP contribution in [0.1, 0.15) is 26.7 Å². The first kappa shape index (κ1) is 23.8. The number of thioether (sulfide) groups is 1. The number of hydrogen-bond acceptors (Lipinski definition) is 4. The summed E-state index contributed by atoms with van der Waals surface area (Å²) in [6, 6.07) is 11.2. The third-order valence-electron chi connectivity index (χ3n) is 5.48. The van der Waals surface area contributed by atoms with Gasteiger partial charge in [0.1, 0.15) is 0 Å². The first-order valence-electron chi connectivity index (χ1n) is 10.3. The van der Waals surface area contributed by atoms with E-state index in [4.69, 9.17) is 4.99 Å². The van der Waals surface area contributed by atoms with Crippen molar-refractivity contribution in [2.24, 2.45) is 4.99 Å². The number of halogens is 1. The maximum absolute atomic E-state index is 4.92. The average Bonchev–Trinajstić information content (AvgIpc) is 3.45. The van der Waals surface area contributed by atoms with Crippen LogP contribution in [0.4, 0.5) is 0 Å². The summed E-state index contributed by atoms with van der Waals surface area (Å²) in [7, 11) is 2.21. The van der Waals surface area contributed by atoms with E-state index in [0.29, 0.717) is 10.8 Å². The smallest absolute Gasteiger partial charge is 0.191 e. The van der Waals surface area contributed by atoms with Crippen molar-refractivity contribution in [1.82, 2.24) is 20.4 Å². The van der Waals surface area contributed by atoms with E-state index in [1.165, 1.54) is 17.7 Å². The second kappa shape index (κ2) is 11.6. The van der Waals surface area contributed by atoms with Gasteiger partial charge in [0.05, 0.1) is 6.54 Å². The molecule has 1 heterocycles. The van der Waals surface area contributed by atoms with Gasteiger partial charge in [0.25, 0.3) is 0 Å². The maximum Gasteiger partial charge on any atom is 0.191 e. The quantitative estimate of drug-likeness (QED) is 0.315. The van der Waals surface area contributed by atoms with Crippen molar-refractivity contribution in [3.8, 4) is 0 Å². The molecule has 0 radical (unpaired) electrons. The summed E-state index contributed by atoms with van der Waals surface area (Å²) in [6.07, 6.45) is 2.51. The minimum atomic E-state index is 0. The van der Waals surface area contributed by atoms with Crippen LogP contribution in [0, 0.1) is 0 Å². The third kappa shape index (κ3) is 7.39. The molecule has 1 aliphatic heterocycles. The fraction of sp³-hybridized carbons (Fsp3) is 0.667. The summed E-state index contributed by atoms with van der Waals surface area (Å²) >= 11 is 1.99. The SMILES string of the molecule is CCNC(=NCC1(Sc2ccccc2)CC1)NCC(C)N1CCN(C)CC1.I. The monoisotopic (exact) mass is 517 g/mol. The molecule has 2 fully saturated rings. The van der Waals surface area contributed by atoms with Crippen molar-refractivity contribution in [3.05, 3.63) is 30.3 Å². The summed E-state index contributed by atoms with van der Waals surface area (Å²) in [5, 5.41) is 6.98. The van der Waals surface area contributed by atoms with Crippen LogP contribution in [0.3, 0.4) is 0 Å². The zero-order valence-electron chi connectivity index (χ0n) is 17.5. The van der Waals surface area contributed by atoms with Crippen LogP contribution in [-0.4, -0.2) is 79.4 Å². The number of benzene rings is 1. The Bertz CT molecular complexity index is 600. The maximum atomic E-state index is 4.92. The van der Waals surface area contributed by atoms with Crippen molar-refractivity contribution < 1.29 is 0 Å². The predicted octanol–water partition coefficient (Wildman–Crippen LogP) is 3.12. The normalized spacial score (nSPS) is 20.9. The summed E-state index contributed by atoms with van der Waals surface area (Å²) in [6.45, 7) is 11.8. The Morgan fingerprint density at radius 3 is 2.43 bits per heavy atom. The molecule has 1 unspecified atom stereocenters. The largest absolute Gasteiger partial charge is 0.357 e. The number of rotatable bonds is 8. The zero-order valence-corrected chi connectivity index (χ0v) is 20.6. The lowest BCUT2D eigenvalue weighted by atomic mass is 10.2. The molecule has 1 atom stereocenters. The summed E-state index contributed by atoms with van der Waals surface area (Å²) in [5.74, 6) is 0.957. The van der Waals surface area contributed by atoms with Crippen LogP contribution in [0.5, 0.6) is 0 Å². The molecule has 1 aliphatic carbocycles. The first-order valence-corrected chi connectivity index (χ1v) is 11.1. The predicted molar refractivity (Wildman–Crippen MR) is 132 cm³/mol. The number of nitrogens with zero attached hydrogens (tertiary/aromatic N) is 3. The van der Waals surface area contributed by atoms with Gasteiger partial charge in [-0.2, -0.15) is 0 Å². The summed E-state index contributed by atoms with van der Waals surface area (Å²) in [4.78, 5) is 11.3. The molecule has 2 N–H and O–H groups in total. The minimum Gasteiger partial charge on any atom is -0.357 e. The molecule has 1 aromatic rings. The van der Waals surface area contributed by atoms with Crippen LogP contribution in [0.15, 0.2) is 40.2 Å². The second-order valence-electron chi connectivity index (χ2n) is 7.86. The van der Waals surface area contributed by atoms with E-state index in [1.807, 2.05) is 11.8 Å². The first-order chi connectivity index (χ1) is 13.1. The van der Waals surface area contributed by atoms with Gasteiger partial charge in [-0.25, -0.2) is 0 Å². The molecule has 28 heavy (non-hydrogen) atoms. The number of likely N-dealkylation sites (N-methyl/N-ethyl adjacent to an activating group) is 1. The molecule has 1 saturated carbocycles. The van der Waals surface area contributed by atoms with Crippen LogP contribution >= 0.6 is 35.7 Å². The van der Waals surface area contributed by atoms with Gasteiger partial charge in [-0.3, -0.25) is 9.89 Å². The number of nitrogens with one attached hydrogen (secondary N) is 2. The standard InChI is InChI=1S/C21H35N5S.HI/c1-4-22-20(23-16-18(2)26-14-12-25(3)13-15-26)24-17-21(10-11-21)27-19-8-6-5-7-9-19;/h5-9,18H,4,10-17H2,1-3H3,(H2,22,23,24);1H. The molecule has 1 saturated heterocycles. The Hall–Kier alpha value is -0.510. The topological polar surface area (TPSA) is 42.9 Å². The van der Waals surface area contributed by atoms with E-state index in [0.717, 1.165) is 51.8 Å². The van der Waals surface area contributed by atoms with Gasteiger partial charge >= 0.3 is 0 Å². The van der Waals surface area contributed by atoms with Crippen LogP contribution < -0.4 is 10.6 Å². The van der Waals surface area contributed by atoms with E-state index in [9.17, 15) is 0 Å². The highest BCUT2D eigenvalue weighted by Crippen LogP contribution is 2.51. The Kier molecular flexibility index (Phi) is 9.86. The molecule has 2 aliphatic rings. The molecule has 7 heteroatoms. The molecule has 0 aromatic heterocycles. The number of guanidine groups is 1. The number of hydrogen-bond donors (Lipinski definition) is 2. The molecule has 0 bridgehead atoms. The lowest BCUT2D eigenvalue weighted by molar-refractivity contribution is 0.120. The van der Waals surface area contributed by atoms with Gasteiger partial charge in [0.2, 0.25) is 0 Å². The highest BCUT2D eigenvalue weighted by Gasteiger charge is 2.43. The fourth-order valence-electron chi connectivity index (χ4n) is 3.37. The Balaban J connectivity index is 0.00000280. The van der Waals surface area contributed by atoms with Gasteiger partial charge in [-0.05, 0) is 45.9 Å². The molecule has 3 rings (SSSR count). The van der Waals surface area contributed by atoms with E-state index < -0.39 is 0 Å². The Morgan fingerprint density at radius 2 is 1.82 bits per heavy atom. The highest BCUT2D eigenvalue weighted by molar-refractivity contribution is 14.0. The van der Waals surface area contributed by atoms with Crippen molar-refractivity contribution in [2.45, 2.75) is 42.4 Å². The van der Waals surface area contributed by atoms with E-state index in [-0.39, 0.29) is 24.0 Å². The molecule has 1 aromatic carbocycles. The van der Waals surface area contributed by atoms with Crippen LogP contribution in [-0.2, 0) is 0 Å².